The Kier molecular flexibility index (Phi) is 3.86. The number of rotatable bonds is 4. The number of benzene rings is 1. The van der Waals surface area contributed by atoms with Crippen molar-refractivity contribution in [1.82, 2.24) is 20.2 Å². The molecule has 3 heterocycles. The SMILES string of the molecule is Cn1cncc1[C@@H]1NC(=O)CC[C@H]1NCc1cccc2c1OCO2. The number of aromatic nitrogens is 2. The number of imidazole rings is 1. The zero-order valence-corrected chi connectivity index (χ0v) is 13.5. The van der Waals surface area contributed by atoms with E-state index in [1.807, 2.05) is 36.0 Å². The summed E-state index contributed by atoms with van der Waals surface area (Å²) in [5.41, 5.74) is 2.06. The minimum atomic E-state index is -0.0901. The first kappa shape index (κ1) is 15.0. The third kappa shape index (κ3) is 2.71. The first-order chi connectivity index (χ1) is 11.7. The maximum atomic E-state index is 11.8. The summed E-state index contributed by atoms with van der Waals surface area (Å²) in [4.78, 5) is 16.0. The van der Waals surface area contributed by atoms with E-state index in [0.29, 0.717) is 13.0 Å². The molecule has 2 N–H and O–H groups in total. The first-order valence-electron chi connectivity index (χ1n) is 8.09. The molecular weight excluding hydrogens is 308 g/mol. The molecular formula is C17H20N4O3. The molecule has 1 aromatic heterocycles. The highest BCUT2D eigenvalue weighted by Gasteiger charge is 2.31. The van der Waals surface area contributed by atoms with Gasteiger partial charge in [0.15, 0.2) is 11.5 Å². The van der Waals surface area contributed by atoms with Gasteiger partial charge in [-0.3, -0.25) is 4.79 Å². The standard InChI is InChI=1S/C17H20N4O3/c1-21-9-18-8-13(21)16-12(5-6-15(22)20-16)19-7-11-3-2-4-14-17(11)24-10-23-14/h2-4,8-9,12,16,19H,5-7,10H2,1H3,(H,20,22)/t12-,16-/m1/s1. The molecule has 2 aliphatic rings. The average Bonchev–Trinajstić information content (AvgIpc) is 3.22. The van der Waals surface area contributed by atoms with Gasteiger partial charge in [0.1, 0.15) is 0 Å². The Balaban J connectivity index is 1.51. The molecule has 126 valence electrons. The number of piperidine rings is 1. The molecule has 2 aliphatic heterocycles. The summed E-state index contributed by atoms with van der Waals surface area (Å²) in [5.74, 6) is 1.67. The van der Waals surface area contributed by atoms with Gasteiger partial charge in [0, 0.05) is 31.6 Å². The molecule has 1 fully saturated rings. The summed E-state index contributed by atoms with van der Waals surface area (Å²) in [6, 6.07) is 5.95. The van der Waals surface area contributed by atoms with Crippen LogP contribution in [-0.2, 0) is 18.4 Å². The molecule has 2 atom stereocenters. The Bertz CT molecular complexity index is 758. The molecule has 0 saturated carbocycles. The van der Waals surface area contributed by atoms with E-state index in [9.17, 15) is 4.79 Å². The van der Waals surface area contributed by atoms with Gasteiger partial charge in [-0.25, -0.2) is 4.98 Å². The van der Waals surface area contributed by atoms with E-state index < -0.39 is 0 Å². The number of fused-ring (bicyclic) bond motifs is 1. The third-order valence-corrected chi connectivity index (χ3v) is 4.61. The maximum Gasteiger partial charge on any atom is 0.231 e. The Hall–Kier alpha value is -2.54. The van der Waals surface area contributed by atoms with Crippen LogP contribution in [0, 0.1) is 0 Å². The molecule has 0 spiro atoms. The van der Waals surface area contributed by atoms with Gasteiger partial charge in [-0.15, -0.1) is 0 Å². The van der Waals surface area contributed by atoms with Gasteiger partial charge in [0.2, 0.25) is 12.7 Å². The molecule has 4 rings (SSSR count). The normalized spacial score (nSPS) is 22.5. The highest BCUT2D eigenvalue weighted by atomic mass is 16.7. The van der Waals surface area contributed by atoms with Crippen molar-refractivity contribution in [1.29, 1.82) is 0 Å². The Morgan fingerprint density at radius 1 is 1.42 bits per heavy atom. The van der Waals surface area contributed by atoms with Crippen LogP contribution in [0.25, 0.3) is 0 Å². The highest BCUT2D eigenvalue weighted by molar-refractivity contribution is 5.77. The predicted octanol–water partition coefficient (Wildman–Crippen LogP) is 1.26. The third-order valence-electron chi connectivity index (χ3n) is 4.61. The average molecular weight is 328 g/mol. The van der Waals surface area contributed by atoms with Gasteiger partial charge >= 0.3 is 0 Å². The van der Waals surface area contributed by atoms with Gasteiger partial charge in [0.05, 0.1) is 24.3 Å². The van der Waals surface area contributed by atoms with E-state index in [1.54, 1.807) is 6.33 Å². The van der Waals surface area contributed by atoms with Crippen LogP contribution < -0.4 is 20.1 Å². The smallest absolute Gasteiger partial charge is 0.231 e. The summed E-state index contributed by atoms with van der Waals surface area (Å²) >= 11 is 0. The fourth-order valence-corrected chi connectivity index (χ4v) is 3.34. The largest absolute Gasteiger partial charge is 0.454 e. The van der Waals surface area contributed by atoms with E-state index in [1.165, 1.54) is 0 Å². The Labute approximate surface area is 140 Å². The monoisotopic (exact) mass is 328 g/mol. The number of carbonyl (C=O) groups excluding carboxylic acids is 1. The van der Waals surface area contributed by atoms with E-state index in [0.717, 1.165) is 29.2 Å². The molecule has 1 amide bonds. The van der Waals surface area contributed by atoms with Gasteiger partial charge < -0.3 is 24.7 Å². The molecule has 0 radical (unpaired) electrons. The van der Waals surface area contributed by atoms with Crippen LogP contribution in [0.1, 0.15) is 30.1 Å². The van der Waals surface area contributed by atoms with Crippen molar-refractivity contribution in [2.45, 2.75) is 31.5 Å². The van der Waals surface area contributed by atoms with Gasteiger partial charge in [0.25, 0.3) is 0 Å². The Morgan fingerprint density at radius 2 is 2.33 bits per heavy atom. The predicted molar refractivity (Wildman–Crippen MR) is 86.5 cm³/mol. The molecule has 0 aliphatic carbocycles. The number of aryl methyl sites for hydroxylation is 1. The lowest BCUT2D eigenvalue weighted by molar-refractivity contribution is -0.124. The molecule has 7 nitrogen and oxygen atoms in total. The molecule has 7 heteroatoms. The number of nitrogens with zero attached hydrogens (tertiary/aromatic N) is 2. The number of para-hydroxylation sites is 1. The lowest BCUT2D eigenvalue weighted by Crippen LogP contribution is -2.48. The molecule has 24 heavy (non-hydrogen) atoms. The van der Waals surface area contributed by atoms with Crippen molar-refractivity contribution >= 4 is 5.91 Å². The second-order valence-corrected chi connectivity index (χ2v) is 6.15. The number of hydrogen-bond acceptors (Lipinski definition) is 5. The van der Waals surface area contributed by atoms with Gasteiger partial charge in [-0.1, -0.05) is 12.1 Å². The zero-order chi connectivity index (χ0) is 16.5. The number of carbonyl (C=O) groups is 1. The topological polar surface area (TPSA) is 77.4 Å². The van der Waals surface area contributed by atoms with Crippen LogP contribution in [0.15, 0.2) is 30.7 Å². The minimum Gasteiger partial charge on any atom is -0.454 e. The highest BCUT2D eigenvalue weighted by Crippen LogP contribution is 2.35. The van der Waals surface area contributed by atoms with Crippen molar-refractivity contribution in [2.24, 2.45) is 7.05 Å². The number of hydrogen-bond donors (Lipinski definition) is 2. The molecule has 0 unspecified atom stereocenters. The number of nitrogens with one attached hydrogen (secondary N) is 2. The summed E-state index contributed by atoms with van der Waals surface area (Å²) in [6.07, 6.45) is 4.87. The van der Waals surface area contributed by atoms with E-state index in [2.05, 4.69) is 15.6 Å². The summed E-state index contributed by atoms with van der Waals surface area (Å²) in [7, 11) is 1.94. The van der Waals surface area contributed by atoms with Crippen molar-refractivity contribution in [3.8, 4) is 11.5 Å². The van der Waals surface area contributed by atoms with Crippen LogP contribution in [0.3, 0.4) is 0 Å². The van der Waals surface area contributed by atoms with Crippen molar-refractivity contribution in [2.75, 3.05) is 6.79 Å². The Morgan fingerprint density at radius 3 is 3.17 bits per heavy atom. The second kappa shape index (κ2) is 6.16. The zero-order valence-electron chi connectivity index (χ0n) is 13.5. The maximum absolute atomic E-state index is 11.8. The summed E-state index contributed by atoms with van der Waals surface area (Å²) in [6.45, 7) is 0.922. The van der Waals surface area contributed by atoms with Crippen LogP contribution in [0.2, 0.25) is 0 Å². The molecule has 0 bridgehead atoms. The number of ether oxygens (including phenoxy) is 2. The van der Waals surface area contributed by atoms with Gasteiger partial charge in [-0.2, -0.15) is 0 Å². The first-order valence-corrected chi connectivity index (χ1v) is 8.09. The van der Waals surface area contributed by atoms with Crippen LogP contribution in [0.5, 0.6) is 11.5 Å². The second-order valence-electron chi connectivity index (χ2n) is 6.15. The summed E-state index contributed by atoms with van der Waals surface area (Å²) < 4.78 is 12.9. The van der Waals surface area contributed by atoms with E-state index in [4.69, 9.17) is 9.47 Å². The van der Waals surface area contributed by atoms with Crippen LogP contribution >= 0.6 is 0 Å². The van der Waals surface area contributed by atoms with Gasteiger partial charge in [-0.05, 0) is 12.5 Å². The van der Waals surface area contributed by atoms with Crippen molar-refractivity contribution < 1.29 is 14.3 Å². The van der Waals surface area contributed by atoms with E-state index >= 15 is 0 Å². The van der Waals surface area contributed by atoms with E-state index in [-0.39, 0.29) is 24.8 Å². The lowest BCUT2D eigenvalue weighted by Gasteiger charge is -2.33. The quantitative estimate of drug-likeness (QED) is 0.883. The number of amides is 1. The molecule has 2 aromatic rings. The molecule has 1 aromatic carbocycles. The fourth-order valence-electron chi connectivity index (χ4n) is 3.34. The fraction of sp³-hybridized carbons (Fsp3) is 0.412. The minimum absolute atomic E-state index is 0.0802. The van der Waals surface area contributed by atoms with Crippen molar-refractivity contribution in [3.05, 3.63) is 42.0 Å². The lowest BCUT2D eigenvalue weighted by atomic mass is 9.95. The summed E-state index contributed by atoms with van der Waals surface area (Å²) in [5, 5.41) is 6.64. The van der Waals surface area contributed by atoms with Crippen molar-refractivity contribution in [3.63, 3.8) is 0 Å². The van der Waals surface area contributed by atoms with Crippen LogP contribution in [-0.4, -0.2) is 28.3 Å². The molecule has 1 saturated heterocycles. The van der Waals surface area contributed by atoms with Crippen LogP contribution in [0.4, 0.5) is 0 Å².